The van der Waals surface area contributed by atoms with Crippen LogP contribution in [0.3, 0.4) is 0 Å². The normalized spacial score (nSPS) is 12.6. The molecule has 1 aliphatic heterocycles. The van der Waals surface area contributed by atoms with E-state index in [9.17, 15) is 19.5 Å². The lowest BCUT2D eigenvalue weighted by Crippen LogP contribution is -2.29. The first-order chi connectivity index (χ1) is 18.4. The van der Waals surface area contributed by atoms with E-state index in [0.29, 0.717) is 41.4 Å². The van der Waals surface area contributed by atoms with Gasteiger partial charge in [0.1, 0.15) is 11.5 Å². The minimum Gasteiger partial charge on any atom is -0.493 e. The zero-order chi connectivity index (χ0) is 26.6. The fraction of sp³-hybridized carbons (Fsp3) is 0.200. The van der Waals surface area contributed by atoms with Gasteiger partial charge in [-0.25, -0.2) is 4.98 Å². The second kappa shape index (κ2) is 10.7. The third-order valence-electron chi connectivity index (χ3n) is 6.51. The van der Waals surface area contributed by atoms with Gasteiger partial charge >= 0.3 is 5.97 Å². The summed E-state index contributed by atoms with van der Waals surface area (Å²) in [4.78, 5) is 42.8. The van der Waals surface area contributed by atoms with E-state index in [1.807, 2.05) is 37.3 Å². The number of aromatic nitrogens is 1. The second-order valence-electron chi connectivity index (χ2n) is 9.05. The van der Waals surface area contributed by atoms with Gasteiger partial charge in [-0.2, -0.15) is 0 Å². The van der Waals surface area contributed by atoms with Crippen molar-refractivity contribution in [3.05, 3.63) is 107 Å². The predicted octanol–water partition coefficient (Wildman–Crippen LogP) is 5.08. The van der Waals surface area contributed by atoms with Crippen LogP contribution >= 0.6 is 0 Å². The summed E-state index contributed by atoms with van der Waals surface area (Å²) in [6.07, 6.45) is 0.732. The number of fused-ring (bicyclic) bond motifs is 1. The molecule has 2 amide bonds. The number of rotatable bonds is 10. The van der Waals surface area contributed by atoms with Gasteiger partial charge in [-0.05, 0) is 60.9 Å². The van der Waals surface area contributed by atoms with Crippen molar-refractivity contribution in [2.45, 2.75) is 32.7 Å². The Kier molecular flexibility index (Phi) is 7.04. The van der Waals surface area contributed by atoms with Gasteiger partial charge in [0.2, 0.25) is 5.89 Å². The van der Waals surface area contributed by atoms with Gasteiger partial charge in [0, 0.05) is 18.4 Å². The van der Waals surface area contributed by atoms with Gasteiger partial charge in [0.15, 0.2) is 0 Å². The molecule has 2 heterocycles. The van der Waals surface area contributed by atoms with E-state index in [0.717, 1.165) is 22.6 Å². The molecule has 0 radical (unpaired) electrons. The molecule has 38 heavy (non-hydrogen) atoms. The number of oxazole rings is 1. The van der Waals surface area contributed by atoms with Crippen LogP contribution in [0.5, 0.6) is 5.75 Å². The topological polar surface area (TPSA) is 110 Å². The minimum atomic E-state index is -0.921. The average molecular weight is 511 g/mol. The van der Waals surface area contributed by atoms with Crippen LogP contribution in [0, 0.1) is 6.92 Å². The lowest BCUT2D eigenvalue weighted by molar-refractivity contribution is -0.136. The van der Waals surface area contributed by atoms with Gasteiger partial charge in [-0.3, -0.25) is 19.3 Å². The first-order valence-corrected chi connectivity index (χ1v) is 12.3. The molecule has 8 heteroatoms. The summed E-state index contributed by atoms with van der Waals surface area (Å²) < 4.78 is 11.8. The Labute approximate surface area is 219 Å². The second-order valence-corrected chi connectivity index (χ2v) is 9.05. The number of carbonyl (C=O) groups is 3. The first-order valence-electron chi connectivity index (χ1n) is 12.3. The zero-order valence-electron chi connectivity index (χ0n) is 20.8. The maximum Gasteiger partial charge on any atom is 0.303 e. The van der Waals surface area contributed by atoms with Crippen molar-refractivity contribution in [1.29, 1.82) is 0 Å². The summed E-state index contributed by atoms with van der Waals surface area (Å²) in [5, 5.41) is 9.17. The van der Waals surface area contributed by atoms with Crippen molar-refractivity contribution in [2.24, 2.45) is 0 Å². The van der Waals surface area contributed by atoms with Gasteiger partial charge in [-0.1, -0.05) is 36.4 Å². The van der Waals surface area contributed by atoms with Crippen LogP contribution in [-0.4, -0.2) is 39.4 Å². The Hall–Kier alpha value is -4.72. The molecular formula is C30H26N2O6. The lowest BCUT2D eigenvalue weighted by atomic mass is 10.0. The Bertz CT molecular complexity index is 1470. The van der Waals surface area contributed by atoms with E-state index in [1.54, 1.807) is 42.5 Å². The summed E-state index contributed by atoms with van der Waals surface area (Å²) in [7, 11) is 0. The molecular weight excluding hydrogens is 484 g/mol. The van der Waals surface area contributed by atoms with Crippen LogP contribution in [-0.2, 0) is 24.2 Å². The summed E-state index contributed by atoms with van der Waals surface area (Å²) in [6, 6.07) is 21.7. The molecule has 3 aromatic carbocycles. The number of hydrogen-bond acceptors (Lipinski definition) is 6. The number of carboxylic acids is 1. The molecule has 0 fully saturated rings. The average Bonchev–Trinajstić information content (AvgIpc) is 3.41. The van der Waals surface area contributed by atoms with E-state index >= 15 is 0 Å². The maximum atomic E-state index is 12.9. The first kappa shape index (κ1) is 25.0. The van der Waals surface area contributed by atoms with Crippen molar-refractivity contribution >= 4 is 17.8 Å². The van der Waals surface area contributed by atoms with Crippen molar-refractivity contribution in [3.63, 3.8) is 0 Å². The Morgan fingerprint density at radius 3 is 2.29 bits per heavy atom. The number of benzene rings is 3. The molecule has 0 atom stereocenters. The number of nitrogens with zero attached hydrogens (tertiary/aromatic N) is 2. The number of hydrogen-bond donors (Lipinski definition) is 1. The fourth-order valence-electron chi connectivity index (χ4n) is 4.51. The monoisotopic (exact) mass is 510 g/mol. The van der Waals surface area contributed by atoms with Crippen molar-refractivity contribution in [2.75, 3.05) is 6.61 Å². The number of carbonyl (C=O) groups excluding carboxylic acids is 2. The molecule has 0 bridgehead atoms. The van der Waals surface area contributed by atoms with Crippen molar-refractivity contribution in [3.8, 4) is 17.2 Å². The highest BCUT2D eigenvalue weighted by molar-refractivity contribution is 6.21. The lowest BCUT2D eigenvalue weighted by Gasteiger charge is -2.18. The van der Waals surface area contributed by atoms with Crippen LogP contribution < -0.4 is 4.74 Å². The highest BCUT2D eigenvalue weighted by atomic mass is 16.5. The fourth-order valence-corrected chi connectivity index (χ4v) is 4.51. The molecule has 4 aromatic rings. The van der Waals surface area contributed by atoms with Crippen LogP contribution in [0.4, 0.5) is 0 Å². The third-order valence-corrected chi connectivity index (χ3v) is 6.51. The highest BCUT2D eigenvalue weighted by Crippen LogP contribution is 2.28. The zero-order valence-corrected chi connectivity index (χ0v) is 20.8. The van der Waals surface area contributed by atoms with Gasteiger partial charge < -0.3 is 14.3 Å². The molecule has 0 spiro atoms. The number of aryl methyl sites for hydroxylation is 2. The van der Waals surface area contributed by atoms with Crippen molar-refractivity contribution < 1.29 is 28.6 Å². The van der Waals surface area contributed by atoms with E-state index in [-0.39, 0.29) is 31.2 Å². The standard InChI is InChI=1S/C30H26N2O6/c1-19-26(31-28(38-19)21-7-3-2-4-8-21)15-16-37-23-13-11-20(12-14-27(33)34)22(17-23)18-32-29(35)24-9-5-6-10-25(24)30(32)36/h2-11,13,17H,12,14-16,18H2,1H3,(H,33,34). The number of aliphatic carboxylic acids is 1. The summed E-state index contributed by atoms with van der Waals surface area (Å²) in [6.45, 7) is 2.23. The van der Waals surface area contributed by atoms with E-state index in [4.69, 9.17) is 9.15 Å². The Balaban J connectivity index is 1.31. The highest BCUT2D eigenvalue weighted by Gasteiger charge is 2.35. The molecule has 0 aliphatic carbocycles. The van der Waals surface area contributed by atoms with Crippen molar-refractivity contribution in [1.82, 2.24) is 9.88 Å². The molecule has 0 saturated heterocycles. The number of carboxylic acid groups (broad SMARTS) is 1. The van der Waals surface area contributed by atoms with Crippen LogP contribution in [0.15, 0.2) is 77.2 Å². The molecule has 1 aliphatic rings. The quantitative estimate of drug-likeness (QED) is 0.296. The molecule has 1 N–H and O–H groups in total. The van der Waals surface area contributed by atoms with Gasteiger partial charge in [-0.15, -0.1) is 0 Å². The predicted molar refractivity (Wildman–Crippen MR) is 139 cm³/mol. The van der Waals surface area contributed by atoms with Crippen LogP contribution in [0.1, 0.15) is 49.7 Å². The smallest absolute Gasteiger partial charge is 0.303 e. The Morgan fingerprint density at radius 1 is 0.921 bits per heavy atom. The maximum absolute atomic E-state index is 12.9. The molecule has 8 nitrogen and oxygen atoms in total. The number of amides is 2. The number of ether oxygens (including phenoxy) is 1. The summed E-state index contributed by atoms with van der Waals surface area (Å²) >= 11 is 0. The molecule has 1 aromatic heterocycles. The van der Waals surface area contributed by atoms with Crippen LogP contribution in [0.25, 0.3) is 11.5 Å². The Morgan fingerprint density at radius 2 is 1.61 bits per heavy atom. The third kappa shape index (κ3) is 5.20. The van der Waals surface area contributed by atoms with Crippen LogP contribution in [0.2, 0.25) is 0 Å². The molecule has 0 saturated carbocycles. The van der Waals surface area contributed by atoms with E-state index in [2.05, 4.69) is 4.98 Å². The molecule has 192 valence electrons. The van der Waals surface area contributed by atoms with Gasteiger partial charge in [0.05, 0.1) is 30.0 Å². The summed E-state index contributed by atoms with van der Waals surface area (Å²) in [5.74, 6) is 0.190. The van der Waals surface area contributed by atoms with Gasteiger partial charge in [0.25, 0.3) is 11.8 Å². The van der Waals surface area contributed by atoms with E-state index in [1.165, 1.54) is 4.90 Å². The summed E-state index contributed by atoms with van der Waals surface area (Å²) in [5.41, 5.74) is 3.86. The number of imide groups is 1. The molecule has 0 unspecified atom stereocenters. The largest absolute Gasteiger partial charge is 0.493 e. The minimum absolute atomic E-state index is 0.0291. The molecule has 5 rings (SSSR count). The van der Waals surface area contributed by atoms with E-state index < -0.39 is 5.97 Å². The SMILES string of the molecule is Cc1oc(-c2ccccc2)nc1CCOc1ccc(CCC(=O)O)c(CN2C(=O)c3ccccc3C2=O)c1.